The third kappa shape index (κ3) is 2.93. The third-order valence-electron chi connectivity index (χ3n) is 3.48. The lowest BCUT2D eigenvalue weighted by molar-refractivity contribution is -0.0777. The lowest BCUT2D eigenvalue weighted by Gasteiger charge is -2.40. The van der Waals surface area contributed by atoms with Crippen molar-refractivity contribution in [1.29, 1.82) is 0 Å². The Morgan fingerprint density at radius 3 is 2.94 bits per heavy atom. The number of hydrogen-bond acceptors (Lipinski definition) is 3. The second kappa shape index (κ2) is 5.41. The Morgan fingerprint density at radius 2 is 2.39 bits per heavy atom. The number of carbonyl (C=O) groups is 1. The van der Waals surface area contributed by atoms with Crippen LogP contribution in [-0.2, 0) is 4.74 Å². The fourth-order valence-electron chi connectivity index (χ4n) is 2.59. The Hall–Kier alpha value is -0.870. The summed E-state index contributed by atoms with van der Waals surface area (Å²) in [7, 11) is 0. The minimum absolute atomic E-state index is 0.120. The second-order valence-electron chi connectivity index (χ2n) is 5.36. The molecule has 0 radical (unpaired) electrons. The van der Waals surface area contributed by atoms with Crippen LogP contribution >= 0.6 is 11.3 Å². The van der Waals surface area contributed by atoms with Crippen molar-refractivity contribution in [1.82, 2.24) is 4.90 Å². The van der Waals surface area contributed by atoms with E-state index in [9.17, 15) is 4.79 Å². The highest BCUT2D eigenvalue weighted by molar-refractivity contribution is 7.08. The molecule has 0 saturated carbocycles. The van der Waals surface area contributed by atoms with Gasteiger partial charge in [-0.25, -0.2) is 0 Å². The summed E-state index contributed by atoms with van der Waals surface area (Å²) in [5.74, 6) is 0.154. The summed E-state index contributed by atoms with van der Waals surface area (Å²) in [6.45, 7) is 7.75. The number of rotatable bonds is 3. The Bertz CT molecular complexity index is 400. The zero-order valence-electron chi connectivity index (χ0n) is 11.3. The first-order valence-electron chi connectivity index (χ1n) is 6.50. The maximum atomic E-state index is 12.4. The molecule has 1 aliphatic rings. The van der Waals surface area contributed by atoms with E-state index in [0.29, 0.717) is 6.04 Å². The minimum Gasteiger partial charge on any atom is -0.375 e. The molecule has 1 amide bonds. The van der Waals surface area contributed by atoms with Crippen molar-refractivity contribution in [3.63, 3.8) is 0 Å². The van der Waals surface area contributed by atoms with Gasteiger partial charge in [0.1, 0.15) is 0 Å². The van der Waals surface area contributed by atoms with Crippen LogP contribution in [0.25, 0.3) is 0 Å². The van der Waals surface area contributed by atoms with Gasteiger partial charge in [-0.15, -0.1) is 0 Å². The zero-order chi connectivity index (χ0) is 13.2. The Balaban J connectivity index is 2.11. The Kier molecular flexibility index (Phi) is 4.07. The van der Waals surface area contributed by atoms with Crippen molar-refractivity contribution in [3.05, 3.63) is 22.4 Å². The van der Waals surface area contributed by atoms with E-state index in [1.807, 2.05) is 28.7 Å². The van der Waals surface area contributed by atoms with Crippen LogP contribution in [0.15, 0.2) is 16.8 Å². The predicted octanol–water partition coefficient (Wildman–Crippen LogP) is 3.17. The molecule has 1 aromatic heterocycles. The number of amides is 1. The van der Waals surface area contributed by atoms with E-state index in [2.05, 4.69) is 13.8 Å². The molecule has 0 spiro atoms. The molecule has 1 atom stereocenters. The Labute approximate surface area is 113 Å². The number of thiophene rings is 1. The van der Waals surface area contributed by atoms with Crippen molar-refractivity contribution in [2.24, 2.45) is 0 Å². The van der Waals surface area contributed by atoms with E-state index in [1.54, 1.807) is 11.3 Å². The number of ether oxygens (including phenoxy) is 1. The quantitative estimate of drug-likeness (QED) is 0.842. The van der Waals surface area contributed by atoms with Gasteiger partial charge in [0, 0.05) is 24.6 Å². The standard InChI is InChI=1S/C14H21NO2S/c1-4-15(13(16)11-6-8-18-10-11)12-5-7-17-14(2,3)9-12/h6,8,10,12H,4-5,7,9H2,1-3H3/t12-/m0/s1. The molecular formula is C14H21NO2S. The van der Waals surface area contributed by atoms with Crippen LogP contribution in [0.5, 0.6) is 0 Å². The maximum absolute atomic E-state index is 12.4. The van der Waals surface area contributed by atoms with Crippen molar-refractivity contribution in [2.45, 2.75) is 45.3 Å². The van der Waals surface area contributed by atoms with Crippen molar-refractivity contribution in [3.8, 4) is 0 Å². The molecule has 0 bridgehead atoms. The molecule has 1 aromatic rings. The molecule has 1 saturated heterocycles. The molecular weight excluding hydrogens is 246 g/mol. The van der Waals surface area contributed by atoms with Gasteiger partial charge >= 0.3 is 0 Å². The lowest BCUT2D eigenvalue weighted by Crippen LogP contribution is -2.48. The van der Waals surface area contributed by atoms with E-state index in [-0.39, 0.29) is 11.5 Å². The van der Waals surface area contributed by atoms with Crippen LogP contribution in [0, 0.1) is 0 Å². The first-order chi connectivity index (χ1) is 8.53. The fraction of sp³-hybridized carbons (Fsp3) is 0.643. The predicted molar refractivity (Wildman–Crippen MR) is 74.1 cm³/mol. The van der Waals surface area contributed by atoms with Gasteiger partial charge in [-0.05, 0) is 45.1 Å². The Morgan fingerprint density at radius 1 is 1.61 bits per heavy atom. The molecule has 4 heteroatoms. The van der Waals surface area contributed by atoms with E-state index in [4.69, 9.17) is 4.74 Å². The van der Waals surface area contributed by atoms with Crippen molar-refractivity contribution >= 4 is 17.2 Å². The maximum Gasteiger partial charge on any atom is 0.254 e. The molecule has 0 aromatic carbocycles. The van der Waals surface area contributed by atoms with Gasteiger partial charge in [0.15, 0.2) is 0 Å². The SMILES string of the molecule is CCN(C(=O)c1ccsc1)[C@H]1CCOC(C)(C)C1. The summed E-state index contributed by atoms with van der Waals surface area (Å²) in [5.41, 5.74) is 0.691. The molecule has 2 rings (SSSR count). The summed E-state index contributed by atoms with van der Waals surface area (Å²) in [4.78, 5) is 14.4. The smallest absolute Gasteiger partial charge is 0.254 e. The minimum atomic E-state index is -0.120. The van der Waals surface area contributed by atoms with Crippen LogP contribution in [-0.4, -0.2) is 35.6 Å². The normalized spacial score (nSPS) is 22.7. The average molecular weight is 267 g/mol. The van der Waals surface area contributed by atoms with E-state index in [0.717, 1.165) is 31.6 Å². The summed E-state index contributed by atoms with van der Waals surface area (Å²) in [5, 5.41) is 3.88. The first kappa shape index (κ1) is 13.6. The van der Waals surface area contributed by atoms with Crippen molar-refractivity contribution in [2.75, 3.05) is 13.2 Å². The summed E-state index contributed by atoms with van der Waals surface area (Å²) < 4.78 is 5.72. The van der Waals surface area contributed by atoms with E-state index >= 15 is 0 Å². The number of carbonyl (C=O) groups excluding carboxylic acids is 1. The van der Waals surface area contributed by atoms with Gasteiger partial charge in [-0.2, -0.15) is 11.3 Å². The van der Waals surface area contributed by atoms with Crippen LogP contribution < -0.4 is 0 Å². The molecule has 0 aliphatic carbocycles. The molecule has 1 fully saturated rings. The van der Waals surface area contributed by atoms with E-state index < -0.39 is 0 Å². The zero-order valence-corrected chi connectivity index (χ0v) is 12.1. The summed E-state index contributed by atoms with van der Waals surface area (Å²) >= 11 is 1.57. The van der Waals surface area contributed by atoms with Gasteiger partial charge < -0.3 is 9.64 Å². The van der Waals surface area contributed by atoms with Crippen LogP contribution in [0.2, 0.25) is 0 Å². The van der Waals surface area contributed by atoms with Crippen molar-refractivity contribution < 1.29 is 9.53 Å². The molecule has 18 heavy (non-hydrogen) atoms. The second-order valence-corrected chi connectivity index (χ2v) is 6.14. The molecule has 100 valence electrons. The van der Waals surface area contributed by atoms with Crippen LogP contribution in [0.1, 0.15) is 44.0 Å². The lowest BCUT2D eigenvalue weighted by atomic mass is 9.92. The van der Waals surface area contributed by atoms with Crippen LogP contribution in [0.3, 0.4) is 0 Å². The molecule has 1 aliphatic heterocycles. The fourth-order valence-corrected chi connectivity index (χ4v) is 3.22. The molecule has 2 heterocycles. The van der Waals surface area contributed by atoms with Gasteiger partial charge in [0.2, 0.25) is 0 Å². The highest BCUT2D eigenvalue weighted by atomic mass is 32.1. The largest absolute Gasteiger partial charge is 0.375 e. The average Bonchev–Trinajstić information content (AvgIpc) is 2.82. The first-order valence-corrected chi connectivity index (χ1v) is 7.45. The number of hydrogen-bond donors (Lipinski definition) is 0. The van der Waals surface area contributed by atoms with Gasteiger partial charge in [0.25, 0.3) is 5.91 Å². The van der Waals surface area contributed by atoms with Gasteiger partial charge in [-0.1, -0.05) is 0 Å². The number of nitrogens with zero attached hydrogens (tertiary/aromatic N) is 1. The summed E-state index contributed by atoms with van der Waals surface area (Å²) in [6, 6.07) is 2.20. The molecule has 0 unspecified atom stereocenters. The summed E-state index contributed by atoms with van der Waals surface area (Å²) in [6.07, 6.45) is 1.85. The van der Waals surface area contributed by atoms with E-state index in [1.165, 1.54) is 0 Å². The van der Waals surface area contributed by atoms with Crippen LogP contribution in [0.4, 0.5) is 0 Å². The molecule has 0 N–H and O–H groups in total. The topological polar surface area (TPSA) is 29.5 Å². The van der Waals surface area contributed by atoms with Gasteiger partial charge in [-0.3, -0.25) is 4.79 Å². The molecule has 3 nitrogen and oxygen atoms in total. The highest BCUT2D eigenvalue weighted by Crippen LogP contribution is 2.28. The third-order valence-corrected chi connectivity index (χ3v) is 4.16. The van der Waals surface area contributed by atoms with Gasteiger partial charge in [0.05, 0.1) is 11.2 Å². The highest BCUT2D eigenvalue weighted by Gasteiger charge is 2.33. The monoisotopic (exact) mass is 267 g/mol.